The van der Waals surface area contributed by atoms with E-state index in [1.54, 1.807) is 12.1 Å². The maximum absolute atomic E-state index is 11.0. The Hall–Kier alpha value is -1.46. The lowest BCUT2D eigenvalue weighted by Gasteiger charge is -2.12. The first-order valence-electron chi connectivity index (χ1n) is 5.38. The van der Waals surface area contributed by atoms with E-state index in [0.29, 0.717) is 27.4 Å². The number of anilines is 2. The summed E-state index contributed by atoms with van der Waals surface area (Å²) < 4.78 is 0. The van der Waals surface area contributed by atoms with Crippen LogP contribution >= 0.6 is 23.2 Å². The number of carbonyl (C=O) groups is 1. The number of aliphatic imine (C=N–C) groups is 1. The van der Waals surface area contributed by atoms with E-state index >= 15 is 0 Å². The smallest absolute Gasteiger partial charge is 0.221 e. The summed E-state index contributed by atoms with van der Waals surface area (Å²) in [5, 5.41) is 9.54. The highest BCUT2D eigenvalue weighted by Crippen LogP contribution is 2.33. The number of hydrogen-bond donors (Lipinski definition) is 3. The Balaban J connectivity index is 2.23. The number of carbonyl (C=O) groups excluding carboxylic acids is 1. The quantitative estimate of drug-likeness (QED) is 0.782. The lowest BCUT2D eigenvalue weighted by Crippen LogP contribution is -2.26. The molecule has 0 bridgehead atoms. The number of nitrogens with zero attached hydrogens (tertiary/aromatic N) is 1. The van der Waals surface area contributed by atoms with Crippen LogP contribution in [0.25, 0.3) is 0 Å². The predicted octanol–water partition coefficient (Wildman–Crippen LogP) is 2.32. The maximum Gasteiger partial charge on any atom is 0.221 e. The molecule has 1 aromatic carbocycles. The van der Waals surface area contributed by atoms with Crippen molar-refractivity contribution in [1.82, 2.24) is 5.32 Å². The van der Waals surface area contributed by atoms with Gasteiger partial charge in [0.1, 0.15) is 0 Å². The van der Waals surface area contributed by atoms with Gasteiger partial charge in [-0.05, 0) is 12.1 Å². The topological polar surface area (TPSA) is 65.5 Å². The summed E-state index contributed by atoms with van der Waals surface area (Å²) in [6.07, 6.45) is 0. The molecule has 0 aromatic heterocycles. The van der Waals surface area contributed by atoms with Gasteiger partial charge in [0.25, 0.3) is 0 Å². The predicted molar refractivity (Wildman–Crippen MR) is 74.7 cm³/mol. The van der Waals surface area contributed by atoms with E-state index in [-0.39, 0.29) is 5.91 Å². The number of guanidine groups is 1. The van der Waals surface area contributed by atoms with Crippen LogP contribution in [-0.2, 0) is 4.79 Å². The minimum atomic E-state index is -0.176. The third kappa shape index (κ3) is 3.05. The van der Waals surface area contributed by atoms with Gasteiger partial charge >= 0.3 is 0 Å². The SMILES string of the molecule is CC(=O)Nc1cc(Cl)c(NC2=NCCN2)c(Cl)c1. The second-order valence-electron chi connectivity index (χ2n) is 3.78. The third-order valence-electron chi connectivity index (χ3n) is 2.28. The van der Waals surface area contributed by atoms with E-state index in [9.17, 15) is 4.79 Å². The van der Waals surface area contributed by atoms with E-state index in [1.807, 2.05) is 0 Å². The Kier molecular flexibility index (Phi) is 3.93. The van der Waals surface area contributed by atoms with Crippen LogP contribution < -0.4 is 16.0 Å². The van der Waals surface area contributed by atoms with Crippen molar-refractivity contribution in [3.63, 3.8) is 0 Å². The summed E-state index contributed by atoms with van der Waals surface area (Å²) in [6, 6.07) is 3.26. The highest BCUT2D eigenvalue weighted by atomic mass is 35.5. The van der Waals surface area contributed by atoms with E-state index in [1.165, 1.54) is 6.92 Å². The molecule has 2 rings (SSSR count). The van der Waals surface area contributed by atoms with Crippen molar-refractivity contribution in [3.8, 4) is 0 Å². The maximum atomic E-state index is 11.0. The van der Waals surface area contributed by atoms with Crippen LogP contribution in [-0.4, -0.2) is 25.0 Å². The van der Waals surface area contributed by atoms with Crippen LogP contribution in [0, 0.1) is 0 Å². The summed E-state index contributed by atoms with van der Waals surface area (Å²) in [5.74, 6) is 0.468. The van der Waals surface area contributed by atoms with Crippen LogP contribution in [0.5, 0.6) is 0 Å². The van der Waals surface area contributed by atoms with Gasteiger partial charge in [-0.15, -0.1) is 0 Å². The van der Waals surface area contributed by atoms with Gasteiger partial charge in [0, 0.05) is 19.2 Å². The molecule has 0 unspecified atom stereocenters. The standard InChI is InChI=1S/C11H12Cl2N4O/c1-6(18)16-7-4-8(12)10(9(13)5-7)17-11-14-2-3-15-11/h4-5H,2-3H2,1H3,(H,16,18)(H2,14,15,17). The Bertz CT molecular complexity index is 493. The van der Waals surface area contributed by atoms with Gasteiger partial charge in [-0.25, -0.2) is 0 Å². The van der Waals surface area contributed by atoms with Gasteiger partial charge in [0.05, 0.1) is 22.3 Å². The molecule has 0 fully saturated rings. The van der Waals surface area contributed by atoms with Crippen molar-refractivity contribution in [3.05, 3.63) is 22.2 Å². The Morgan fingerprint density at radius 2 is 2.06 bits per heavy atom. The van der Waals surface area contributed by atoms with Crippen LogP contribution in [0.15, 0.2) is 17.1 Å². The molecular weight excluding hydrogens is 275 g/mol. The monoisotopic (exact) mass is 286 g/mol. The lowest BCUT2D eigenvalue weighted by atomic mass is 10.2. The molecule has 0 saturated carbocycles. The first-order chi connectivity index (χ1) is 8.56. The molecule has 7 heteroatoms. The number of amides is 1. The number of halogens is 2. The number of benzene rings is 1. The zero-order valence-electron chi connectivity index (χ0n) is 9.68. The number of hydrogen-bond acceptors (Lipinski definition) is 4. The molecule has 96 valence electrons. The van der Waals surface area contributed by atoms with Crippen LogP contribution in [0.4, 0.5) is 11.4 Å². The molecule has 3 N–H and O–H groups in total. The van der Waals surface area contributed by atoms with Crippen LogP contribution in [0.3, 0.4) is 0 Å². The molecule has 1 amide bonds. The molecule has 1 heterocycles. The van der Waals surface area contributed by atoms with Crippen molar-refractivity contribution in [2.45, 2.75) is 6.92 Å². The van der Waals surface area contributed by atoms with E-state index in [0.717, 1.165) is 13.1 Å². The molecule has 0 spiro atoms. The molecule has 1 aromatic rings. The van der Waals surface area contributed by atoms with Gasteiger partial charge in [0.2, 0.25) is 5.91 Å². The molecule has 0 saturated heterocycles. The summed E-state index contributed by atoms with van der Waals surface area (Å²) >= 11 is 12.2. The first-order valence-corrected chi connectivity index (χ1v) is 6.14. The molecular formula is C11H12Cl2N4O. The zero-order valence-corrected chi connectivity index (χ0v) is 11.2. The van der Waals surface area contributed by atoms with Crippen LogP contribution in [0.2, 0.25) is 10.0 Å². The first kappa shape index (κ1) is 13.0. The summed E-state index contributed by atoms with van der Waals surface area (Å²) in [7, 11) is 0. The molecule has 18 heavy (non-hydrogen) atoms. The van der Waals surface area contributed by atoms with Gasteiger partial charge in [-0.3, -0.25) is 9.79 Å². The highest BCUT2D eigenvalue weighted by molar-refractivity contribution is 6.40. The van der Waals surface area contributed by atoms with Gasteiger partial charge in [-0.1, -0.05) is 23.2 Å². The zero-order chi connectivity index (χ0) is 13.1. The molecule has 0 atom stereocenters. The van der Waals surface area contributed by atoms with E-state index in [2.05, 4.69) is 20.9 Å². The second kappa shape index (κ2) is 5.46. The minimum Gasteiger partial charge on any atom is -0.354 e. The number of rotatable bonds is 2. The molecule has 5 nitrogen and oxygen atoms in total. The fourth-order valence-electron chi connectivity index (χ4n) is 1.57. The Labute approximate surface area is 115 Å². The molecule has 1 aliphatic rings. The molecule has 0 radical (unpaired) electrons. The summed E-state index contributed by atoms with van der Waals surface area (Å²) in [6.45, 7) is 2.94. The minimum absolute atomic E-state index is 0.176. The normalized spacial score (nSPS) is 13.8. The van der Waals surface area contributed by atoms with Crippen molar-refractivity contribution in [2.24, 2.45) is 4.99 Å². The van der Waals surface area contributed by atoms with Gasteiger partial charge < -0.3 is 16.0 Å². The molecule has 1 aliphatic heterocycles. The highest BCUT2D eigenvalue weighted by Gasteiger charge is 2.12. The lowest BCUT2D eigenvalue weighted by molar-refractivity contribution is -0.114. The van der Waals surface area contributed by atoms with Crippen molar-refractivity contribution in [1.29, 1.82) is 0 Å². The van der Waals surface area contributed by atoms with Crippen molar-refractivity contribution in [2.75, 3.05) is 23.7 Å². The second-order valence-corrected chi connectivity index (χ2v) is 4.59. The van der Waals surface area contributed by atoms with E-state index < -0.39 is 0 Å². The van der Waals surface area contributed by atoms with Crippen molar-refractivity contribution < 1.29 is 4.79 Å². The third-order valence-corrected chi connectivity index (χ3v) is 2.88. The largest absolute Gasteiger partial charge is 0.354 e. The Morgan fingerprint density at radius 3 is 2.56 bits per heavy atom. The fraction of sp³-hybridized carbons (Fsp3) is 0.273. The summed E-state index contributed by atoms with van der Waals surface area (Å²) in [5.41, 5.74) is 1.13. The Morgan fingerprint density at radius 1 is 1.39 bits per heavy atom. The number of nitrogens with one attached hydrogen (secondary N) is 3. The van der Waals surface area contributed by atoms with Gasteiger partial charge in [0.15, 0.2) is 5.96 Å². The van der Waals surface area contributed by atoms with Crippen LogP contribution in [0.1, 0.15) is 6.92 Å². The fourth-order valence-corrected chi connectivity index (χ4v) is 2.15. The van der Waals surface area contributed by atoms with Crippen molar-refractivity contribution >= 4 is 46.4 Å². The average molecular weight is 287 g/mol. The molecule has 0 aliphatic carbocycles. The van der Waals surface area contributed by atoms with Gasteiger partial charge in [-0.2, -0.15) is 0 Å². The van der Waals surface area contributed by atoms with E-state index in [4.69, 9.17) is 23.2 Å². The summed E-state index contributed by atoms with van der Waals surface area (Å²) in [4.78, 5) is 15.1. The average Bonchev–Trinajstić information content (AvgIpc) is 2.75.